The van der Waals surface area contributed by atoms with Crippen LogP contribution in [0.3, 0.4) is 0 Å². The van der Waals surface area contributed by atoms with Gasteiger partial charge in [0.15, 0.2) is 0 Å². The Hall–Kier alpha value is -2.66. The largest absolute Gasteiger partial charge is 0.339 e. The maximum absolute atomic E-state index is 12.5. The third-order valence-corrected chi connectivity index (χ3v) is 5.23. The molecule has 1 unspecified atom stereocenters. The zero-order valence-corrected chi connectivity index (χ0v) is 16.0. The third kappa shape index (κ3) is 3.47. The van der Waals surface area contributed by atoms with Crippen molar-refractivity contribution in [2.75, 3.05) is 11.4 Å². The van der Waals surface area contributed by atoms with Crippen LogP contribution in [0.5, 0.6) is 0 Å². The number of carbonyl (C=O) groups is 1. The second-order valence-electron chi connectivity index (χ2n) is 7.09. The van der Waals surface area contributed by atoms with Gasteiger partial charge in [-0.1, -0.05) is 54.9 Å². The van der Waals surface area contributed by atoms with Gasteiger partial charge in [0.05, 0.1) is 10.9 Å². The van der Waals surface area contributed by atoms with Crippen LogP contribution in [0.15, 0.2) is 53.1 Å². The van der Waals surface area contributed by atoms with Crippen molar-refractivity contribution in [3.63, 3.8) is 0 Å². The first-order valence-corrected chi connectivity index (χ1v) is 9.39. The highest BCUT2D eigenvalue weighted by Crippen LogP contribution is 2.33. The molecule has 1 saturated heterocycles. The Morgan fingerprint density at radius 1 is 1.15 bits per heavy atom. The minimum Gasteiger partial charge on any atom is -0.339 e. The summed E-state index contributed by atoms with van der Waals surface area (Å²) in [6.07, 6.45) is 0.357. The summed E-state index contributed by atoms with van der Waals surface area (Å²) in [6, 6.07) is 15.5. The van der Waals surface area contributed by atoms with Crippen molar-refractivity contribution in [1.29, 1.82) is 0 Å². The molecule has 138 valence electrons. The summed E-state index contributed by atoms with van der Waals surface area (Å²) in [5, 5.41) is 4.61. The van der Waals surface area contributed by atoms with Crippen LogP contribution in [0, 0.1) is 0 Å². The predicted octanol–water partition coefficient (Wildman–Crippen LogP) is 5.03. The molecule has 5 nitrogen and oxygen atoms in total. The molecule has 1 amide bonds. The number of benzene rings is 2. The number of nitrogens with zero attached hydrogens (tertiary/aromatic N) is 3. The van der Waals surface area contributed by atoms with Crippen LogP contribution in [-0.4, -0.2) is 22.6 Å². The Balaban J connectivity index is 1.53. The smallest absolute Gasteiger partial charge is 0.232 e. The molecule has 0 bridgehead atoms. The SMILES string of the molecule is CC(C)c1ccc(N2CC(c3nc(-c4ccccc4Cl)no3)CC2=O)cc1. The van der Waals surface area contributed by atoms with Gasteiger partial charge in [-0.25, -0.2) is 0 Å². The number of aromatic nitrogens is 2. The van der Waals surface area contributed by atoms with Gasteiger partial charge in [0.2, 0.25) is 17.6 Å². The second kappa shape index (κ2) is 7.16. The molecule has 0 radical (unpaired) electrons. The number of halogens is 1. The molecule has 2 heterocycles. The van der Waals surface area contributed by atoms with Crippen molar-refractivity contribution in [2.24, 2.45) is 0 Å². The molecule has 27 heavy (non-hydrogen) atoms. The maximum Gasteiger partial charge on any atom is 0.232 e. The lowest BCUT2D eigenvalue weighted by atomic mass is 10.0. The van der Waals surface area contributed by atoms with Crippen molar-refractivity contribution in [1.82, 2.24) is 10.1 Å². The van der Waals surface area contributed by atoms with E-state index in [0.717, 1.165) is 11.3 Å². The summed E-state index contributed by atoms with van der Waals surface area (Å²) in [7, 11) is 0. The lowest BCUT2D eigenvalue weighted by Crippen LogP contribution is -2.24. The van der Waals surface area contributed by atoms with Crippen molar-refractivity contribution >= 4 is 23.2 Å². The Labute approximate surface area is 163 Å². The van der Waals surface area contributed by atoms with Gasteiger partial charge in [0, 0.05) is 24.2 Å². The van der Waals surface area contributed by atoms with Crippen LogP contribution in [0.25, 0.3) is 11.4 Å². The maximum atomic E-state index is 12.5. The van der Waals surface area contributed by atoms with Crippen LogP contribution in [-0.2, 0) is 4.79 Å². The average molecular weight is 382 g/mol. The standard InChI is InChI=1S/C21H20ClN3O2/c1-13(2)14-7-9-16(10-8-14)25-12-15(11-19(25)26)21-23-20(24-27-21)17-5-3-4-6-18(17)22/h3-10,13,15H,11-12H2,1-2H3. The molecule has 4 rings (SSSR count). The summed E-state index contributed by atoms with van der Waals surface area (Å²) in [5.41, 5.74) is 2.88. The van der Waals surface area contributed by atoms with Gasteiger partial charge in [0.25, 0.3) is 0 Å². The fourth-order valence-electron chi connectivity index (χ4n) is 3.31. The summed E-state index contributed by atoms with van der Waals surface area (Å²) >= 11 is 6.20. The highest BCUT2D eigenvalue weighted by atomic mass is 35.5. The van der Waals surface area contributed by atoms with E-state index < -0.39 is 0 Å². The quantitative estimate of drug-likeness (QED) is 0.635. The molecule has 1 atom stereocenters. The monoisotopic (exact) mass is 381 g/mol. The van der Waals surface area contributed by atoms with Crippen LogP contribution < -0.4 is 4.90 Å². The Morgan fingerprint density at radius 2 is 1.89 bits per heavy atom. The molecule has 0 aliphatic carbocycles. The van der Waals surface area contributed by atoms with E-state index in [2.05, 4.69) is 36.1 Å². The van der Waals surface area contributed by atoms with E-state index >= 15 is 0 Å². The van der Waals surface area contributed by atoms with Gasteiger partial charge in [-0.15, -0.1) is 0 Å². The summed E-state index contributed by atoms with van der Waals surface area (Å²) in [4.78, 5) is 18.8. The highest BCUT2D eigenvalue weighted by molar-refractivity contribution is 6.33. The molecule has 0 spiro atoms. The minimum absolute atomic E-state index is 0.0646. The number of hydrogen-bond acceptors (Lipinski definition) is 4. The van der Waals surface area contributed by atoms with E-state index in [1.165, 1.54) is 5.56 Å². The Bertz CT molecular complexity index is 966. The van der Waals surface area contributed by atoms with Gasteiger partial charge >= 0.3 is 0 Å². The molecule has 1 aliphatic rings. The number of rotatable bonds is 4. The minimum atomic E-state index is -0.119. The molecule has 0 saturated carbocycles. The van der Waals surface area contributed by atoms with Crippen molar-refractivity contribution in [2.45, 2.75) is 32.1 Å². The number of carbonyl (C=O) groups excluding carboxylic acids is 1. The number of amides is 1. The molecule has 2 aromatic carbocycles. The van der Waals surface area contributed by atoms with E-state index in [1.807, 2.05) is 30.3 Å². The van der Waals surface area contributed by atoms with Crippen molar-refractivity contribution in [3.05, 3.63) is 65.0 Å². The zero-order valence-electron chi connectivity index (χ0n) is 15.2. The van der Waals surface area contributed by atoms with Gasteiger partial charge in [-0.3, -0.25) is 4.79 Å². The van der Waals surface area contributed by atoms with Crippen LogP contribution in [0.2, 0.25) is 5.02 Å². The van der Waals surface area contributed by atoms with Gasteiger partial charge in [-0.05, 0) is 35.7 Å². The van der Waals surface area contributed by atoms with E-state index in [9.17, 15) is 4.79 Å². The number of hydrogen-bond donors (Lipinski definition) is 0. The summed E-state index contributed by atoms with van der Waals surface area (Å²) in [6.45, 7) is 4.83. The molecular weight excluding hydrogens is 362 g/mol. The normalized spacial score (nSPS) is 17.1. The van der Waals surface area contributed by atoms with Crippen LogP contribution in [0.4, 0.5) is 5.69 Å². The van der Waals surface area contributed by atoms with E-state index in [0.29, 0.717) is 35.6 Å². The molecule has 1 aliphatic heterocycles. The molecule has 1 fully saturated rings. The first-order chi connectivity index (χ1) is 13.0. The average Bonchev–Trinajstić information content (AvgIpc) is 3.29. The lowest BCUT2D eigenvalue weighted by molar-refractivity contribution is -0.117. The van der Waals surface area contributed by atoms with Crippen molar-refractivity contribution < 1.29 is 9.32 Å². The molecule has 3 aromatic rings. The highest BCUT2D eigenvalue weighted by Gasteiger charge is 2.35. The Morgan fingerprint density at radius 3 is 2.59 bits per heavy atom. The first kappa shape index (κ1) is 17.7. The van der Waals surface area contributed by atoms with Crippen molar-refractivity contribution in [3.8, 4) is 11.4 Å². The fourth-order valence-corrected chi connectivity index (χ4v) is 3.53. The third-order valence-electron chi connectivity index (χ3n) is 4.90. The molecule has 1 aromatic heterocycles. The van der Waals surface area contributed by atoms with Gasteiger partial charge < -0.3 is 9.42 Å². The zero-order chi connectivity index (χ0) is 19.0. The van der Waals surface area contributed by atoms with Crippen LogP contribution in [0.1, 0.15) is 43.6 Å². The number of anilines is 1. The fraction of sp³-hybridized carbons (Fsp3) is 0.286. The van der Waals surface area contributed by atoms with E-state index in [1.54, 1.807) is 11.0 Å². The van der Waals surface area contributed by atoms with Gasteiger partial charge in [0.1, 0.15) is 0 Å². The summed E-state index contributed by atoms with van der Waals surface area (Å²) < 4.78 is 5.44. The Kier molecular flexibility index (Phi) is 4.70. The molecule has 6 heteroatoms. The van der Waals surface area contributed by atoms with Gasteiger partial charge in [-0.2, -0.15) is 4.98 Å². The first-order valence-electron chi connectivity index (χ1n) is 9.01. The van der Waals surface area contributed by atoms with E-state index in [4.69, 9.17) is 16.1 Å². The van der Waals surface area contributed by atoms with E-state index in [-0.39, 0.29) is 11.8 Å². The molecular formula is C21H20ClN3O2. The predicted molar refractivity (Wildman–Crippen MR) is 105 cm³/mol. The molecule has 0 N–H and O–H groups in total. The topological polar surface area (TPSA) is 59.2 Å². The van der Waals surface area contributed by atoms with Crippen LogP contribution >= 0.6 is 11.6 Å². The second-order valence-corrected chi connectivity index (χ2v) is 7.49. The summed E-state index contributed by atoms with van der Waals surface area (Å²) in [5.74, 6) is 1.32. The lowest BCUT2D eigenvalue weighted by Gasteiger charge is -2.17.